The molecule has 0 fully saturated rings. The van der Waals surface area contributed by atoms with Crippen LogP contribution in [-0.4, -0.2) is 69.5 Å². The molecule has 0 radical (unpaired) electrons. The highest BCUT2D eigenvalue weighted by molar-refractivity contribution is 6.04. The molecule has 0 atom stereocenters. The van der Waals surface area contributed by atoms with Gasteiger partial charge in [-0.05, 0) is 29.8 Å². The highest BCUT2D eigenvalue weighted by Gasteiger charge is 2.19. The average molecular weight is 556 g/mol. The lowest BCUT2D eigenvalue weighted by molar-refractivity contribution is 0.0828. The number of pyridine rings is 1. The molecule has 41 heavy (non-hydrogen) atoms. The van der Waals surface area contributed by atoms with Gasteiger partial charge in [-0.1, -0.05) is 24.3 Å². The van der Waals surface area contributed by atoms with E-state index in [1.807, 2.05) is 36.5 Å². The molecule has 3 heterocycles. The number of carbonyl (C=O) groups is 2. The summed E-state index contributed by atoms with van der Waals surface area (Å²) in [4.78, 5) is 34.8. The maximum atomic E-state index is 13.1. The van der Waals surface area contributed by atoms with E-state index in [1.54, 1.807) is 45.6 Å². The SMILES string of the molecule is COc1ccccc1-c1c[nH]c2ncc(-c3ccc(NC(=O)OCCn4c(O)ccc4O)c(C(=O)N(C)C)c3)cc12. The van der Waals surface area contributed by atoms with Crippen LogP contribution >= 0.6 is 0 Å². The van der Waals surface area contributed by atoms with Crippen LogP contribution in [-0.2, 0) is 11.3 Å². The van der Waals surface area contributed by atoms with Crippen molar-refractivity contribution in [3.05, 3.63) is 78.6 Å². The Morgan fingerprint density at radius 3 is 2.49 bits per heavy atom. The van der Waals surface area contributed by atoms with Gasteiger partial charge in [0.15, 0.2) is 11.8 Å². The first-order valence-electron chi connectivity index (χ1n) is 12.7. The van der Waals surface area contributed by atoms with Gasteiger partial charge in [-0.15, -0.1) is 0 Å². The summed E-state index contributed by atoms with van der Waals surface area (Å²) in [5.74, 6) is 0.128. The van der Waals surface area contributed by atoms with Gasteiger partial charge in [0.1, 0.15) is 18.0 Å². The molecule has 3 aromatic heterocycles. The molecule has 0 aliphatic rings. The second kappa shape index (κ2) is 11.3. The van der Waals surface area contributed by atoms with Crippen molar-refractivity contribution in [3.63, 3.8) is 0 Å². The van der Waals surface area contributed by atoms with Crippen LogP contribution in [0.3, 0.4) is 0 Å². The number of fused-ring (bicyclic) bond motifs is 1. The van der Waals surface area contributed by atoms with Crippen molar-refractivity contribution in [2.75, 3.05) is 33.1 Å². The molecular formula is C30H29N5O6. The predicted octanol–water partition coefficient (Wildman–Crippen LogP) is 5.07. The van der Waals surface area contributed by atoms with Crippen LogP contribution in [0.25, 0.3) is 33.3 Å². The molecule has 210 valence electrons. The van der Waals surface area contributed by atoms with E-state index >= 15 is 0 Å². The molecule has 0 spiro atoms. The molecule has 2 amide bonds. The number of aromatic amines is 1. The van der Waals surface area contributed by atoms with Crippen LogP contribution in [0.2, 0.25) is 0 Å². The molecule has 0 bridgehead atoms. The molecule has 5 rings (SSSR count). The first kappa shape index (κ1) is 27.1. The summed E-state index contributed by atoms with van der Waals surface area (Å²) in [7, 11) is 4.88. The molecular weight excluding hydrogens is 526 g/mol. The Balaban J connectivity index is 1.42. The van der Waals surface area contributed by atoms with E-state index in [0.717, 1.165) is 33.4 Å². The lowest BCUT2D eigenvalue weighted by Gasteiger charge is -2.16. The number of nitrogens with zero attached hydrogens (tertiary/aromatic N) is 3. The Hall–Kier alpha value is -5.45. The first-order valence-corrected chi connectivity index (χ1v) is 12.7. The van der Waals surface area contributed by atoms with Crippen molar-refractivity contribution in [1.29, 1.82) is 0 Å². The Morgan fingerprint density at radius 1 is 1.00 bits per heavy atom. The fraction of sp³-hybridized carbons (Fsp3) is 0.167. The molecule has 11 nitrogen and oxygen atoms in total. The standard InChI is InChI=1S/C30H29N5O6/c1-34(2)29(38)22-14-18(8-9-24(22)33-30(39)41-13-12-35-26(36)10-11-27(35)37)19-15-21-23(17-32-28(21)31-16-19)20-6-4-5-7-25(20)40-3/h4-11,14-17,36-37H,12-13H2,1-3H3,(H,31,32)(H,33,39). The number of nitrogens with one attached hydrogen (secondary N) is 2. The molecule has 0 aliphatic carbocycles. The third kappa shape index (κ3) is 5.50. The molecule has 0 saturated heterocycles. The van der Waals surface area contributed by atoms with Crippen LogP contribution in [0.1, 0.15) is 10.4 Å². The highest BCUT2D eigenvalue weighted by atomic mass is 16.5. The van der Waals surface area contributed by atoms with Gasteiger partial charge in [-0.3, -0.25) is 14.7 Å². The van der Waals surface area contributed by atoms with Crippen molar-refractivity contribution >= 4 is 28.7 Å². The lowest BCUT2D eigenvalue weighted by Crippen LogP contribution is -2.24. The number of H-pyrrole nitrogens is 1. The smallest absolute Gasteiger partial charge is 0.411 e. The number of amides is 2. The number of hydrogen-bond donors (Lipinski definition) is 4. The number of para-hydroxylation sites is 1. The van der Waals surface area contributed by atoms with Gasteiger partial charge in [0.2, 0.25) is 0 Å². The number of ether oxygens (including phenoxy) is 2. The summed E-state index contributed by atoms with van der Waals surface area (Å²) >= 11 is 0. The largest absolute Gasteiger partial charge is 0.496 e. The van der Waals surface area contributed by atoms with Crippen molar-refractivity contribution in [2.45, 2.75) is 6.54 Å². The number of benzene rings is 2. The summed E-state index contributed by atoms with van der Waals surface area (Å²) in [6.07, 6.45) is 2.82. The van der Waals surface area contributed by atoms with E-state index in [0.29, 0.717) is 5.65 Å². The van der Waals surface area contributed by atoms with E-state index in [9.17, 15) is 19.8 Å². The van der Waals surface area contributed by atoms with Gasteiger partial charge in [0.05, 0.1) is 24.9 Å². The normalized spacial score (nSPS) is 10.9. The van der Waals surface area contributed by atoms with Gasteiger partial charge < -0.3 is 29.6 Å². The fourth-order valence-corrected chi connectivity index (χ4v) is 4.55. The Morgan fingerprint density at radius 2 is 1.76 bits per heavy atom. The molecule has 0 saturated carbocycles. The molecule has 11 heteroatoms. The second-order valence-electron chi connectivity index (χ2n) is 9.45. The summed E-state index contributed by atoms with van der Waals surface area (Å²) in [5.41, 5.74) is 4.61. The van der Waals surface area contributed by atoms with E-state index in [-0.39, 0.29) is 42.1 Å². The zero-order valence-electron chi connectivity index (χ0n) is 22.7. The zero-order chi connectivity index (χ0) is 29.1. The maximum absolute atomic E-state index is 13.1. The molecule has 2 aromatic carbocycles. The Bertz CT molecular complexity index is 1720. The minimum atomic E-state index is -0.784. The van der Waals surface area contributed by atoms with Crippen molar-refractivity contribution in [1.82, 2.24) is 19.4 Å². The van der Waals surface area contributed by atoms with Crippen LogP contribution in [0.15, 0.2) is 73.1 Å². The van der Waals surface area contributed by atoms with Gasteiger partial charge in [0, 0.05) is 60.7 Å². The third-order valence-electron chi connectivity index (χ3n) is 6.64. The Labute approximate surface area is 235 Å². The number of aromatic hydroxyl groups is 2. The number of hydrogen-bond acceptors (Lipinski definition) is 7. The van der Waals surface area contributed by atoms with E-state index < -0.39 is 6.09 Å². The predicted molar refractivity (Wildman–Crippen MR) is 154 cm³/mol. The molecule has 4 N–H and O–H groups in total. The summed E-state index contributed by atoms with van der Waals surface area (Å²) in [5, 5.41) is 23.0. The van der Waals surface area contributed by atoms with Crippen LogP contribution in [0.4, 0.5) is 10.5 Å². The van der Waals surface area contributed by atoms with Crippen LogP contribution < -0.4 is 10.1 Å². The molecule has 0 unspecified atom stereocenters. The highest BCUT2D eigenvalue weighted by Crippen LogP contribution is 2.36. The molecule has 0 aliphatic heterocycles. The number of carbonyl (C=O) groups excluding carboxylic acids is 2. The number of anilines is 1. The van der Waals surface area contributed by atoms with Crippen LogP contribution in [0.5, 0.6) is 17.5 Å². The zero-order valence-corrected chi connectivity index (χ0v) is 22.7. The molecule has 5 aromatic rings. The van der Waals surface area contributed by atoms with Crippen molar-refractivity contribution in [3.8, 4) is 39.8 Å². The van der Waals surface area contributed by atoms with Crippen LogP contribution in [0, 0.1) is 0 Å². The number of rotatable bonds is 8. The number of aromatic nitrogens is 3. The van der Waals surface area contributed by atoms with Gasteiger partial charge in [-0.25, -0.2) is 9.78 Å². The number of methoxy groups -OCH3 is 1. The fourth-order valence-electron chi connectivity index (χ4n) is 4.55. The van der Waals surface area contributed by atoms with Gasteiger partial charge in [-0.2, -0.15) is 0 Å². The van der Waals surface area contributed by atoms with Crippen molar-refractivity contribution in [2.24, 2.45) is 0 Å². The third-order valence-corrected chi connectivity index (χ3v) is 6.64. The second-order valence-corrected chi connectivity index (χ2v) is 9.45. The van der Waals surface area contributed by atoms with Gasteiger partial charge >= 0.3 is 6.09 Å². The van der Waals surface area contributed by atoms with E-state index in [1.165, 1.54) is 21.6 Å². The summed E-state index contributed by atoms with van der Waals surface area (Å²) < 4.78 is 12.0. The van der Waals surface area contributed by atoms with Crippen molar-refractivity contribution < 1.29 is 29.3 Å². The summed E-state index contributed by atoms with van der Waals surface area (Å²) in [6.45, 7) is -0.0699. The quantitative estimate of drug-likeness (QED) is 0.209. The van der Waals surface area contributed by atoms with E-state index in [4.69, 9.17) is 9.47 Å². The topological polar surface area (TPSA) is 142 Å². The minimum absolute atomic E-state index is 0.0476. The maximum Gasteiger partial charge on any atom is 0.411 e. The monoisotopic (exact) mass is 555 g/mol. The first-order chi connectivity index (χ1) is 19.8. The lowest BCUT2D eigenvalue weighted by atomic mass is 9.99. The van der Waals surface area contributed by atoms with E-state index in [2.05, 4.69) is 15.3 Å². The average Bonchev–Trinajstić information content (AvgIpc) is 3.54. The van der Waals surface area contributed by atoms with Gasteiger partial charge in [0.25, 0.3) is 5.91 Å². The minimum Gasteiger partial charge on any atom is -0.496 e. The Kier molecular flexibility index (Phi) is 7.51. The summed E-state index contributed by atoms with van der Waals surface area (Å²) in [6, 6.07) is 17.5.